The van der Waals surface area contributed by atoms with Crippen LogP contribution >= 0.6 is 11.3 Å². The maximum Gasteiger partial charge on any atom is 0.314 e. The van der Waals surface area contributed by atoms with Gasteiger partial charge in [0.1, 0.15) is 6.04 Å². The van der Waals surface area contributed by atoms with Crippen LogP contribution in [0.15, 0.2) is 36.0 Å². The van der Waals surface area contributed by atoms with Crippen LogP contribution in [0.5, 0.6) is 0 Å². The van der Waals surface area contributed by atoms with Gasteiger partial charge in [-0.15, -0.1) is 11.3 Å². The van der Waals surface area contributed by atoms with Crippen molar-refractivity contribution in [3.05, 3.63) is 40.8 Å². The molecular weight excluding hydrogens is 276 g/mol. The van der Waals surface area contributed by atoms with Crippen LogP contribution in [0.2, 0.25) is 0 Å². The van der Waals surface area contributed by atoms with Gasteiger partial charge in [-0.25, -0.2) is 4.79 Å². The predicted octanol–water partition coefficient (Wildman–Crippen LogP) is 1.48. The zero-order valence-electron chi connectivity index (χ0n) is 11.3. The summed E-state index contributed by atoms with van der Waals surface area (Å²) in [4.78, 5) is 12.8. The smallest absolute Gasteiger partial charge is 0.314 e. The van der Waals surface area contributed by atoms with Crippen molar-refractivity contribution in [2.45, 2.75) is 6.04 Å². The van der Waals surface area contributed by atoms with E-state index >= 15 is 0 Å². The first kappa shape index (κ1) is 14.5. The predicted molar refractivity (Wildman–Crippen MR) is 78.0 cm³/mol. The number of nitrogens with one attached hydrogen (secondary N) is 2. The number of hydrogen-bond donors (Lipinski definition) is 2. The van der Waals surface area contributed by atoms with Crippen LogP contribution in [-0.2, 0) is 4.74 Å². The Labute approximate surface area is 121 Å². The number of nitrogens with zero attached hydrogens (tertiary/aromatic N) is 2. The molecule has 2 amide bonds. The highest BCUT2D eigenvalue weighted by Gasteiger charge is 2.16. The maximum absolute atomic E-state index is 11.7. The number of carbonyl (C=O) groups excluding carboxylic acids is 1. The second kappa shape index (κ2) is 7.66. The SMILES string of the molecule is COCCNC(=O)NCC(c1cccs1)n1cccn1. The molecule has 2 rings (SSSR count). The van der Waals surface area contributed by atoms with Gasteiger partial charge in [0.15, 0.2) is 0 Å². The molecule has 20 heavy (non-hydrogen) atoms. The molecule has 0 spiro atoms. The fourth-order valence-corrected chi connectivity index (χ4v) is 2.61. The average Bonchev–Trinajstić information content (AvgIpc) is 3.12. The van der Waals surface area contributed by atoms with E-state index in [4.69, 9.17) is 4.74 Å². The fraction of sp³-hybridized carbons (Fsp3) is 0.385. The summed E-state index contributed by atoms with van der Waals surface area (Å²) in [5, 5.41) is 11.9. The summed E-state index contributed by atoms with van der Waals surface area (Å²) in [5.41, 5.74) is 0. The van der Waals surface area contributed by atoms with E-state index in [1.165, 1.54) is 0 Å². The number of urea groups is 1. The molecule has 6 nitrogen and oxygen atoms in total. The van der Waals surface area contributed by atoms with E-state index in [9.17, 15) is 4.79 Å². The van der Waals surface area contributed by atoms with Crippen LogP contribution in [0.4, 0.5) is 4.79 Å². The van der Waals surface area contributed by atoms with Gasteiger partial charge in [0.05, 0.1) is 6.61 Å². The Balaban J connectivity index is 1.91. The Morgan fingerprint density at radius 3 is 3.05 bits per heavy atom. The van der Waals surface area contributed by atoms with Gasteiger partial charge in [-0.05, 0) is 17.5 Å². The molecule has 2 heterocycles. The topological polar surface area (TPSA) is 68.2 Å². The van der Waals surface area contributed by atoms with Gasteiger partial charge in [-0.1, -0.05) is 6.07 Å². The molecule has 0 saturated heterocycles. The maximum atomic E-state index is 11.7. The van der Waals surface area contributed by atoms with Gasteiger partial charge in [0.2, 0.25) is 0 Å². The lowest BCUT2D eigenvalue weighted by molar-refractivity contribution is 0.195. The van der Waals surface area contributed by atoms with Gasteiger partial charge in [-0.2, -0.15) is 5.10 Å². The molecule has 2 N–H and O–H groups in total. The van der Waals surface area contributed by atoms with Crippen molar-refractivity contribution in [3.63, 3.8) is 0 Å². The summed E-state index contributed by atoms with van der Waals surface area (Å²) in [6.07, 6.45) is 3.63. The Bertz CT molecular complexity index is 464. The Kier molecular flexibility index (Phi) is 5.57. The normalized spacial score (nSPS) is 12.1. The van der Waals surface area contributed by atoms with Gasteiger partial charge < -0.3 is 15.4 Å². The molecule has 0 aliphatic heterocycles. The first-order valence-electron chi connectivity index (χ1n) is 6.34. The van der Waals surface area contributed by atoms with E-state index in [1.807, 2.05) is 34.5 Å². The Hall–Kier alpha value is -1.86. The standard InChI is InChI=1S/C13H18N4O2S/c1-19-8-6-14-13(18)15-10-11(12-4-2-9-20-12)17-7-3-5-16-17/h2-5,7,9,11H,6,8,10H2,1H3,(H2,14,15,18). The highest BCUT2D eigenvalue weighted by atomic mass is 32.1. The number of rotatable bonds is 7. The molecular formula is C13H18N4O2S. The molecule has 108 valence electrons. The summed E-state index contributed by atoms with van der Waals surface area (Å²) in [5.74, 6) is 0. The highest BCUT2D eigenvalue weighted by Crippen LogP contribution is 2.21. The van der Waals surface area contributed by atoms with Crippen LogP contribution in [-0.4, -0.2) is 42.6 Å². The summed E-state index contributed by atoms with van der Waals surface area (Å²) in [6.45, 7) is 1.48. The van der Waals surface area contributed by atoms with Crippen molar-refractivity contribution >= 4 is 17.4 Å². The zero-order chi connectivity index (χ0) is 14.2. The van der Waals surface area contributed by atoms with Crippen LogP contribution in [0.1, 0.15) is 10.9 Å². The minimum absolute atomic E-state index is 0.0122. The number of carbonyl (C=O) groups is 1. The summed E-state index contributed by atoms with van der Waals surface area (Å²) in [7, 11) is 1.60. The van der Waals surface area contributed by atoms with E-state index in [-0.39, 0.29) is 12.1 Å². The van der Waals surface area contributed by atoms with E-state index in [0.717, 1.165) is 4.88 Å². The molecule has 0 bridgehead atoms. The van der Waals surface area contributed by atoms with E-state index in [0.29, 0.717) is 19.7 Å². The summed E-state index contributed by atoms with van der Waals surface area (Å²) < 4.78 is 6.73. The third kappa shape index (κ3) is 4.07. The molecule has 0 saturated carbocycles. The van der Waals surface area contributed by atoms with E-state index in [2.05, 4.69) is 15.7 Å². The van der Waals surface area contributed by atoms with Crippen molar-refractivity contribution in [1.82, 2.24) is 20.4 Å². The fourth-order valence-electron chi connectivity index (χ4n) is 1.79. The van der Waals surface area contributed by atoms with Crippen molar-refractivity contribution < 1.29 is 9.53 Å². The lowest BCUT2D eigenvalue weighted by atomic mass is 10.2. The third-order valence-corrected chi connectivity index (χ3v) is 3.74. The number of amides is 2. The molecule has 7 heteroatoms. The third-order valence-electron chi connectivity index (χ3n) is 2.76. The van der Waals surface area contributed by atoms with Crippen molar-refractivity contribution in [2.75, 3.05) is 26.8 Å². The molecule has 1 unspecified atom stereocenters. The van der Waals surface area contributed by atoms with Crippen LogP contribution in [0.25, 0.3) is 0 Å². The van der Waals surface area contributed by atoms with Gasteiger partial charge in [0, 0.05) is 37.5 Å². The first-order chi connectivity index (χ1) is 9.81. The highest BCUT2D eigenvalue weighted by molar-refractivity contribution is 7.10. The number of aromatic nitrogens is 2. The quantitative estimate of drug-likeness (QED) is 0.760. The second-order valence-electron chi connectivity index (χ2n) is 4.15. The molecule has 0 aromatic carbocycles. The minimum atomic E-state index is -0.198. The van der Waals surface area contributed by atoms with Crippen molar-refractivity contribution in [3.8, 4) is 0 Å². The number of thiophene rings is 1. The van der Waals surface area contributed by atoms with Crippen molar-refractivity contribution in [2.24, 2.45) is 0 Å². The molecule has 0 radical (unpaired) electrons. The van der Waals surface area contributed by atoms with E-state index < -0.39 is 0 Å². The van der Waals surface area contributed by atoms with Gasteiger partial charge >= 0.3 is 6.03 Å². The molecule has 0 fully saturated rings. The molecule has 2 aromatic heterocycles. The van der Waals surface area contributed by atoms with Gasteiger partial charge in [-0.3, -0.25) is 4.68 Å². The van der Waals surface area contributed by atoms with Crippen LogP contribution < -0.4 is 10.6 Å². The van der Waals surface area contributed by atoms with Crippen molar-refractivity contribution in [1.29, 1.82) is 0 Å². The molecule has 2 aromatic rings. The van der Waals surface area contributed by atoms with Crippen LogP contribution in [0, 0.1) is 0 Å². The monoisotopic (exact) mass is 294 g/mol. The summed E-state index contributed by atoms with van der Waals surface area (Å²) in [6, 6.07) is 5.73. The van der Waals surface area contributed by atoms with Gasteiger partial charge in [0.25, 0.3) is 0 Å². The molecule has 1 atom stereocenters. The zero-order valence-corrected chi connectivity index (χ0v) is 12.1. The second-order valence-corrected chi connectivity index (χ2v) is 5.13. The molecule has 0 aliphatic rings. The average molecular weight is 294 g/mol. The first-order valence-corrected chi connectivity index (χ1v) is 7.22. The Morgan fingerprint density at radius 1 is 1.50 bits per heavy atom. The lowest BCUT2D eigenvalue weighted by Gasteiger charge is -2.17. The minimum Gasteiger partial charge on any atom is -0.383 e. The Morgan fingerprint density at radius 2 is 2.40 bits per heavy atom. The number of hydrogen-bond acceptors (Lipinski definition) is 4. The van der Waals surface area contributed by atoms with E-state index in [1.54, 1.807) is 24.6 Å². The number of methoxy groups -OCH3 is 1. The largest absolute Gasteiger partial charge is 0.383 e. The molecule has 0 aliphatic carbocycles. The number of ether oxygens (including phenoxy) is 1. The summed E-state index contributed by atoms with van der Waals surface area (Å²) >= 11 is 1.65. The lowest BCUT2D eigenvalue weighted by Crippen LogP contribution is -2.40. The van der Waals surface area contributed by atoms with Crippen LogP contribution in [0.3, 0.4) is 0 Å².